The van der Waals surface area contributed by atoms with Crippen molar-refractivity contribution in [3.63, 3.8) is 0 Å². The zero-order valence-corrected chi connectivity index (χ0v) is 12.2. The molecule has 0 atom stereocenters. The number of benzene rings is 1. The molecule has 0 unspecified atom stereocenters. The molecule has 0 aliphatic carbocycles. The Labute approximate surface area is 131 Å². The van der Waals surface area contributed by atoms with E-state index in [9.17, 15) is 28.3 Å². The van der Waals surface area contributed by atoms with Crippen LogP contribution < -0.4 is 10.2 Å². The summed E-state index contributed by atoms with van der Waals surface area (Å²) in [4.78, 5) is 13.2. The molecule has 0 bridgehead atoms. The Kier molecular flexibility index (Phi) is 5.11. The average molecular weight is 327 g/mol. The predicted octanol–water partition coefficient (Wildman–Crippen LogP) is 2.41. The SMILES string of the molecule is N#Cc1cc(NC(=O)CC(F)(F)F)ccc1N1CCC(O)CC1. The minimum atomic E-state index is -4.57. The molecule has 1 aromatic rings. The first-order valence-electron chi connectivity index (χ1n) is 7.12. The van der Waals surface area contributed by atoms with Gasteiger partial charge in [0.25, 0.3) is 0 Å². The summed E-state index contributed by atoms with van der Waals surface area (Å²) in [6, 6.07) is 6.41. The van der Waals surface area contributed by atoms with E-state index in [1.54, 1.807) is 6.07 Å². The lowest BCUT2D eigenvalue weighted by Crippen LogP contribution is -2.36. The number of nitriles is 1. The molecular weight excluding hydrogens is 311 g/mol. The Morgan fingerprint density at radius 1 is 1.39 bits per heavy atom. The van der Waals surface area contributed by atoms with Crippen molar-refractivity contribution in [2.75, 3.05) is 23.3 Å². The standard InChI is InChI=1S/C15H16F3N3O2/c16-15(17,18)8-14(23)20-11-1-2-13(10(7-11)9-19)21-5-3-12(22)4-6-21/h1-2,7,12,22H,3-6,8H2,(H,20,23). The molecule has 1 amide bonds. The van der Waals surface area contributed by atoms with Gasteiger partial charge in [-0.15, -0.1) is 0 Å². The smallest absolute Gasteiger partial charge is 0.393 e. The first-order chi connectivity index (χ1) is 10.8. The van der Waals surface area contributed by atoms with Gasteiger partial charge in [0.1, 0.15) is 12.5 Å². The lowest BCUT2D eigenvalue weighted by atomic mass is 10.0. The summed E-state index contributed by atoms with van der Waals surface area (Å²) in [6.07, 6.45) is -5.31. The Bertz CT molecular complexity index is 617. The third kappa shape index (κ3) is 4.86. The monoisotopic (exact) mass is 327 g/mol. The van der Waals surface area contributed by atoms with Gasteiger partial charge in [0.15, 0.2) is 0 Å². The minimum absolute atomic E-state index is 0.150. The van der Waals surface area contributed by atoms with Crippen molar-refractivity contribution >= 4 is 17.3 Å². The maximum absolute atomic E-state index is 12.2. The van der Waals surface area contributed by atoms with Crippen molar-refractivity contribution in [2.45, 2.75) is 31.5 Å². The molecule has 0 saturated carbocycles. The lowest BCUT2D eigenvalue weighted by molar-refractivity contribution is -0.150. The van der Waals surface area contributed by atoms with Gasteiger partial charge in [0.2, 0.25) is 5.91 Å². The number of carbonyl (C=O) groups is 1. The van der Waals surface area contributed by atoms with Crippen LogP contribution in [0.3, 0.4) is 0 Å². The number of nitrogens with one attached hydrogen (secondary N) is 1. The van der Waals surface area contributed by atoms with Gasteiger partial charge in [-0.2, -0.15) is 18.4 Å². The Hall–Kier alpha value is -2.27. The summed E-state index contributed by atoms with van der Waals surface area (Å²) < 4.78 is 36.5. The van der Waals surface area contributed by atoms with E-state index >= 15 is 0 Å². The molecule has 1 aliphatic rings. The summed E-state index contributed by atoms with van der Waals surface area (Å²) in [5, 5.41) is 20.9. The van der Waals surface area contributed by atoms with E-state index in [1.807, 2.05) is 11.0 Å². The van der Waals surface area contributed by atoms with Crippen LogP contribution in [-0.4, -0.2) is 36.4 Å². The first-order valence-corrected chi connectivity index (χ1v) is 7.12. The van der Waals surface area contributed by atoms with Crippen LogP contribution >= 0.6 is 0 Å². The summed E-state index contributed by atoms with van der Waals surface area (Å²) in [5.41, 5.74) is 1.07. The van der Waals surface area contributed by atoms with Crippen molar-refractivity contribution in [3.8, 4) is 6.07 Å². The number of anilines is 2. The van der Waals surface area contributed by atoms with Crippen LogP contribution in [0.15, 0.2) is 18.2 Å². The molecule has 0 spiro atoms. The van der Waals surface area contributed by atoms with Crippen LogP contribution in [0, 0.1) is 11.3 Å². The maximum atomic E-state index is 12.2. The third-order valence-electron chi connectivity index (χ3n) is 3.57. The van der Waals surface area contributed by atoms with Crippen molar-refractivity contribution in [1.82, 2.24) is 0 Å². The minimum Gasteiger partial charge on any atom is -0.393 e. The van der Waals surface area contributed by atoms with Crippen molar-refractivity contribution in [3.05, 3.63) is 23.8 Å². The average Bonchev–Trinajstić information content (AvgIpc) is 2.46. The number of hydrogen-bond donors (Lipinski definition) is 2. The van der Waals surface area contributed by atoms with Gasteiger partial charge in [0, 0.05) is 18.8 Å². The van der Waals surface area contributed by atoms with Crippen molar-refractivity contribution in [2.24, 2.45) is 0 Å². The second kappa shape index (κ2) is 6.87. The number of aliphatic hydroxyl groups is 1. The molecule has 1 aliphatic heterocycles. The molecule has 1 heterocycles. The fourth-order valence-corrected chi connectivity index (χ4v) is 2.47. The third-order valence-corrected chi connectivity index (χ3v) is 3.57. The molecule has 2 rings (SSSR count). The molecule has 23 heavy (non-hydrogen) atoms. The molecule has 2 N–H and O–H groups in total. The van der Waals surface area contributed by atoms with E-state index in [1.165, 1.54) is 12.1 Å². The number of alkyl halides is 3. The van der Waals surface area contributed by atoms with E-state index in [0.29, 0.717) is 31.6 Å². The van der Waals surface area contributed by atoms with Crippen LogP contribution in [0.1, 0.15) is 24.8 Å². The molecular formula is C15H16F3N3O2. The number of rotatable bonds is 3. The molecule has 1 saturated heterocycles. The summed E-state index contributed by atoms with van der Waals surface area (Å²) in [7, 11) is 0. The van der Waals surface area contributed by atoms with Gasteiger partial charge < -0.3 is 15.3 Å². The maximum Gasteiger partial charge on any atom is 0.397 e. The highest BCUT2D eigenvalue weighted by atomic mass is 19.4. The zero-order chi connectivity index (χ0) is 17.0. The highest BCUT2D eigenvalue weighted by molar-refractivity contribution is 5.91. The zero-order valence-electron chi connectivity index (χ0n) is 12.2. The van der Waals surface area contributed by atoms with Crippen LogP contribution in [0.25, 0.3) is 0 Å². The fraction of sp³-hybridized carbons (Fsp3) is 0.467. The van der Waals surface area contributed by atoms with Crippen molar-refractivity contribution in [1.29, 1.82) is 5.26 Å². The number of aliphatic hydroxyl groups excluding tert-OH is 1. The van der Waals surface area contributed by atoms with Gasteiger partial charge in [-0.3, -0.25) is 4.79 Å². The highest BCUT2D eigenvalue weighted by Gasteiger charge is 2.31. The number of nitrogens with zero attached hydrogens (tertiary/aromatic N) is 2. The van der Waals surface area contributed by atoms with Gasteiger partial charge in [-0.05, 0) is 31.0 Å². The van der Waals surface area contributed by atoms with Gasteiger partial charge >= 0.3 is 6.18 Å². The van der Waals surface area contributed by atoms with Gasteiger partial charge in [-0.25, -0.2) is 0 Å². The largest absolute Gasteiger partial charge is 0.397 e. The molecule has 1 aromatic carbocycles. The molecule has 1 fully saturated rings. The normalized spacial score (nSPS) is 16.0. The first kappa shape index (κ1) is 17.1. The number of carbonyl (C=O) groups excluding carboxylic acids is 1. The van der Waals surface area contributed by atoms with E-state index in [0.717, 1.165) is 0 Å². The summed E-state index contributed by atoms with van der Waals surface area (Å²) >= 11 is 0. The molecule has 0 aromatic heterocycles. The van der Waals surface area contributed by atoms with Crippen molar-refractivity contribution < 1.29 is 23.1 Å². The Balaban J connectivity index is 2.11. The van der Waals surface area contributed by atoms with E-state index in [4.69, 9.17) is 0 Å². The Morgan fingerprint density at radius 2 is 2.04 bits per heavy atom. The van der Waals surface area contributed by atoms with E-state index < -0.39 is 18.5 Å². The molecule has 8 heteroatoms. The number of amides is 1. The quantitative estimate of drug-likeness (QED) is 0.894. The summed E-state index contributed by atoms with van der Waals surface area (Å²) in [6.45, 7) is 1.19. The van der Waals surface area contributed by atoms with Crippen LogP contribution in [0.2, 0.25) is 0 Å². The summed E-state index contributed by atoms with van der Waals surface area (Å²) in [5.74, 6) is -1.17. The second-order valence-corrected chi connectivity index (χ2v) is 5.40. The second-order valence-electron chi connectivity index (χ2n) is 5.40. The van der Waals surface area contributed by atoms with Gasteiger partial charge in [-0.1, -0.05) is 0 Å². The fourth-order valence-electron chi connectivity index (χ4n) is 2.47. The number of halogens is 3. The lowest BCUT2D eigenvalue weighted by Gasteiger charge is -2.32. The van der Waals surface area contributed by atoms with Crippen LogP contribution in [0.5, 0.6) is 0 Å². The van der Waals surface area contributed by atoms with Crippen LogP contribution in [0.4, 0.5) is 24.5 Å². The van der Waals surface area contributed by atoms with E-state index in [-0.39, 0.29) is 17.4 Å². The van der Waals surface area contributed by atoms with Crippen LogP contribution in [-0.2, 0) is 4.79 Å². The molecule has 124 valence electrons. The Morgan fingerprint density at radius 3 is 2.61 bits per heavy atom. The van der Waals surface area contributed by atoms with Gasteiger partial charge in [0.05, 0.1) is 17.4 Å². The molecule has 0 radical (unpaired) electrons. The topological polar surface area (TPSA) is 76.4 Å². The number of hydrogen-bond acceptors (Lipinski definition) is 4. The number of piperidine rings is 1. The molecule has 5 nitrogen and oxygen atoms in total. The predicted molar refractivity (Wildman–Crippen MR) is 77.9 cm³/mol. The highest BCUT2D eigenvalue weighted by Crippen LogP contribution is 2.27. The van der Waals surface area contributed by atoms with E-state index in [2.05, 4.69) is 5.32 Å².